The van der Waals surface area contributed by atoms with E-state index in [-0.39, 0.29) is 5.56 Å². The number of benzene rings is 2. The molecule has 2 aromatic carbocycles. The van der Waals surface area contributed by atoms with Crippen molar-refractivity contribution in [2.24, 2.45) is 0 Å². The molecule has 3 aromatic rings. The summed E-state index contributed by atoms with van der Waals surface area (Å²) in [6.07, 6.45) is 0. The van der Waals surface area contributed by atoms with Gasteiger partial charge in [-0.3, -0.25) is 4.57 Å². The highest BCUT2D eigenvalue weighted by atomic mass is 32.1. The first-order valence-corrected chi connectivity index (χ1v) is 6.11. The van der Waals surface area contributed by atoms with Crippen LogP contribution in [-0.2, 0) is 0 Å². The van der Waals surface area contributed by atoms with Crippen molar-refractivity contribution in [2.45, 2.75) is 0 Å². The van der Waals surface area contributed by atoms with Crippen molar-refractivity contribution in [1.82, 2.24) is 9.55 Å². The first kappa shape index (κ1) is 12.5. The van der Waals surface area contributed by atoms with Gasteiger partial charge in [-0.2, -0.15) is 5.26 Å². The van der Waals surface area contributed by atoms with Crippen LogP contribution < -0.4 is 0 Å². The Kier molecular flexibility index (Phi) is 2.84. The molecule has 1 heterocycles. The van der Waals surface area contributed by atoms with E-state index in [0.29, 0.717) is 21.5 Å². The Hall–Kier alpha value is -2.52. The minimum atomic E-state index is -0.603. The lowest BCUT2D eigenvalue weighted by molar-refractivity contribution is 0.623. The molecule has 0 fully saturated rings. The molecule has 0 aliphatic carbocycles. The molecule has 0 saturated heterocycles. The van der Waals surface area contributed by atoms with Crippen LogP contribution in [0.5, 0.6) is 0 Å². The number of aromatic amines is 1. The first-order chi connectivity index (χ1) is 9.60. The van der Waals surface area contributed by atoms with E-state index in [1.54, 1.807) is 16.7 Å². The summed E-state index contributed by atoms with van der Waals surface area (Å²) in [5, 5.41) is 8.87. The SMILES string of the molecule is N#Cc1cc(-n2c(=S)[nH]c3ccc(F)cc32)ccc1F. The predicted molar refractivity (Wildman–Crippen MR) is 73.1 cm³/mol. The van der Waals surface area contributed by atoms with Crippen LogP contribution in [-0.4, -0.2) is 9.55 Å². The Morgan fingerprint density at radius 3 is 2.70 bits per heavy atom. The molecule has 20 heavy (non-hydrogen) atoms. The van der Waals surface area contributed by atoms with Crippen LogP contribution in [0.4, 0.5) is 8.78 Å². The van der Waals surface area contributed by atoms with Gasteiger partial charge >= 0.3 is 0 Å². The summed E-state index contributed by atoms with van der Waals surface area (Å²) >= 11 is 5.20. The zero-order chi connectivity index (χ0) is 14.3. The number of nitriles is 1. The van der Waals surface area contributed by atoms with Gasteiger partial charge in [0.15, 0.2) is 4.77 Å². The van der Waals surface area contributed by atoms with Crippen molar-refractivity contribution in [3.05, 3.63) is 58.4 Å². The summed E-state index contributed by atoms with van der Waals surface area (Å²) in [4.78, 5) is 2.94. The molecular formula is C14H7F2N3S. The van der Waals surface area contributed by atoms with E-state index in [9.17, 15) is 8.78 Å². The monoisotopic (exact) mass is 287 g/mol. The number of hydrogen-bond donors (Lipinski definition) is 1. The average Bonchev–Trinajstić information content (AvgIpc) is 2.75. The van der Waals surface area contributed by atoms with Gasteiger partial charge in [0, 0.05) is 11.8 Å². The number of H-pyrrole nitrogens is 1. The van der Waals surface area contributed by atoms with Gasteiger partial charge in [-0.1, -0.05) is 0 Å². The Bertz CT molecular complexity index is 918. The van der Waals surface area contributed by atoms with Crippen molar-refractivity contribution in [1.29, 1.82) is 5.26 Å². The molecule has 6 heteroatoms. The minimum Gasteiger partial charge on any atom is -0.330 e. The lowest BCUT2D eigenvalue weighted by atomic mass is 10.2. The lowest BCUT2D eigenvalue weighted by Gasteiger charge is -2.05. The van der Waals surface area contributed by atoms with Crippen molar-refractivity contribution in [3.63, 3.8) is 0 Å². The second-order valence-corrected chi connectivity index (χ2v) is 4.59. The van der Waals surface area contributed by atoms with Gasteiger partial charge < -0.3 is 4.98 Å². The maximum Gasteiger partial charge on any atom is 0.182 e. The molecule has 0 spiro atoms. The van der Waals surface area contributed by atoms with Gasteiger partial charge in [0.1, 0.15) is 17.7 Å². The van der Waals surface area contributed by atoms with Gasteiger partial charge in [0.05, 0.1) is 16.6 Å². The smallest absolute Gasteiger partial charge is 0.182 e. The number of rotatable bonds is 1. The summed E-state index contributed by atoms with van der Waals surface area (Å²) in [6, 6.07) is 10.1. The van der Waals surface area contributed by atoms with Crippen molar-refractivity contribution in [3.8, 4) is 11.8 Å². The van der Waals surface area contributed by atoms with Gasteiger partial charge in [0.2, 0.25) is 0 Å². The molecule has 0 atom stereocenters. The average molecular weight is 287 g/mol. The second kappa shape index (κ2) is 4.54. The standard InChI is InChI=1S/C14H7F2N3S/c15-9-1-4-12-13(6-9)19(14(20)18-12)10-2-3-11(16)8(5-10)7-17/h1-6H,(H,18,20). The number of nitrogens with zero attached hydrogens (tertiary/aromatic N) is 2. The molecule has 0 bridgehead atoms. The normalized spacial score (nSPS) is 10.7. The number of halogens is 2. The van der Waals surface area contributed by atoms with Crippen molar-refractivity contribution < 1.29 is 8.78 Å². The fourth-order valence-electron chi connectivity index (χ4n) is 2.07. The maximum absolute atomic E-state index is 13.4. The summed E-state index contributed by atoms with van der Waals surface area (Å²) in [6.45, 7) is 0. The van der Waals surface area contributed by atoms with Crippen molar-refractivity contribution in [2.75, 3.05) is 0 Å². The molecule has 0 aliphatic rings. The Labute approximate surface area is 117 Å². The van der Waals surface area contributed by atoms with Crippen LogP contribution >= 0.6 is 12.2 Å². The third-order valence-electron chi connectivity index (χ3n) is 2.97. The summed E-state index contributed by atoms with van der Waals surface area (Å²) < 4.78 is 28.7. The zero-order valence-electron chi connectivity index (χ0n) is 10.0. The Morgan fingerprint density at radius 1 is 1.15 bits per heavy atom. The summed E-state index contributed by atoms with van der Waals surface area (Å²) in [7, 11) is 0. The minimum absolute atomic E-state index is 0.0878. The highest BCUT2D eigenvalue weighted by Gasteiger charge is 2.10. The van der Waals surface area contributed by atoms with E-state index in [1.165, 1.54) is 30.3 Å². The topological polar surface area (TPSA) is 44.5 Å². The fourth-order valence-corrected chi connectivity index (χ4v) is 2.38. The fraction of sp³-hybridized carbons (Fsp3) is 0. The van der Waals surface area contributed by atoms with Gasteiger partial charge in [-0.15, -0.1) is 0 Å². The van der Waals surface area contributed by atoms with Gasteiger partial charge in [-0.25, -0.2) is 8.78 Å². The van der Waals surface area contributed by atoms with E-state index in [4.69, 9.17) is 17.5 Å². The van der Waals surface area contributed by atoms with Crippen LogP contribution in [0.3, 0.4) is 0 Å². The molecule has 0 radical (unpaired) electrons. The number of fused-ring (bicyclic) bond motifs is 1. The largest absolute Gasteiger partial charge is 0.330 e. The lowest BCUT2D eigenvalue weighted by Crippen LogP contribution is -1.96. The van der Waals surface area contributed by atoms with Crippen molar-refractivity contribution >= 4 is 23.3 Å². The molecule has 98 valence electrons. The van der Waals surface area contributed by atoms with Crippen LogP contribution in [0, 0.1) is 27.7 Å². The van der Waals surface area contributed by atoms with Crippen LogP contribution in [0.2, 0.25) is 0 Å². The molecule has 0 saturated carbocycles. The summed E-state index contributed by atoms with van der Waals surface area (Å²) in [5.41, 5.74) is 1.62. The van der Waals surface area contributed by atoms with E-state index in [2.05, 4.69) is 4.98 Å². The van der Waals surface area contributed by atoms with E-state index >= 15 is 0 Å². The van der Waals surface area contributed by atoms with Crippen LogP contribution in [0.25, 0.3) is 16.7 Å². The number of aromatic nitrogens is 2. The third kappa shape index (κ3) is 1.89. The first-order valence-electron chi connectivity index (χ1n) is 5.70. The third-order valence-corrected chi connectivity index (χ3v) is 3.26. The van der Waals surface area contributed by atoms with E-state index < -0.39 is 11.6 Å². The molecule has 3 nitrogen and oxygen atoms in total. The highest BCUT2D eigenvalue weighted by Crippen LogP contribution is 2.22. The Morgan fingerprint density at radius 2 is 1.95 bits per heavy atom. The zero-order valence-corrected chi connectivity index (χ0v) is 10.8. The molecule has 0 aliphatic heterocycles. The van der Waals surface area contributed by atoms with E-state index in [1.807, 2.05) is 0 Å². The molecule has 1 N–H and O–H groups in total. The second-order valence-electron chi connectivity index (χ2n) is 4.20. The van der Waals surface area contributed by atoms with Crippen LogP contribution in [0.1, 0.15) is 5.56 Å². The quantitative estimate of drug-likeness (QED) is 0.691. The molecule has 3 rings (SSSR count). The molecular weight excluding hydrogens is 280 g/mol. The summed E-state index contributed by atoms with van der Waals surface area (Å²) in [5.74, 6) is -1.00. The van der Waals surface area contributed by atoms with Crippen LogP contribution in [0.15, 0.2) is 36.4 Å². The van der Waals surface area contributed by atoms with E-state index in [0.717, 1.165) is 0 Å². The number of imidazole rings is 1. The predicted octanol–water partition coefficient (Wildman–Crippen LogP) is 3.84. The molecule has 0 unspecified atom stereocenters. The van der Waals surface area contributed by atoms with Gasteiger partial charge in [0.25, 0.3) is 0 Å². The Balaban J connectivity index is 2.35. The van der Waals surface area contributed by atoms with Gasteiger partial charge in [-0.05, 0) is 42.5 Å². The maximum atomic E-state index is 13.4. The molecule has 0 amide bonds. The number of hydrogen-bond acceptors (Lipinski definition) is 2. The molecule has 1 aromatic heterocycles. The number of nitrogens with one attached hydrogen (secondary N) is 1. The highest BCUT2D eigenvalue weighted by molar-refractivity contribution is 7.71.